The van der Waals surface area contributed by atoms with E-state index in [2.05, 4.69) is 0 Å². The molecule has 0 radical (unpaired) electrons. The van der Waals surface area contributed by atoms with Gasteiger partial charge in [-0.1, -0.05) is 12.1 Å². The second-order valence-corrected chi connectivity index (χ2v) is 6.21. The predicted octanol–water partition coefficient (Wildman–Crippen LogP) is 0.139. The van der Waals surface area contributed by atoms with Crippen LogP contribution in [0.15, 0.2) is 24.3 Å². The molecule has 2 unspecified atom stereocenters. The fourth-order valence-electron chi connectivity index (χ4n) is 3.61. The van der Waals surface area contributed by atoms with Crippen LogP contribution in [0.2, 0.25) is 0 Å². The molecule has 0 aromatic heterocycles. The van der Waals surface area contributed by atoms with Gasteiger partial charge in [0.25, 0.3) is 5.91 Å². The Bertz CT molecular complexity index is 672. The largest absolute Gasteiger partial charge is 0.508 e. The van der Waals surface area contributed by atoms with E-state index in [0.29, 0.717) is 25.8 Å². The standard InChI is InChI=1S/C17H20N2O5/c18-16(23)17-13(21)10-24-14(17)2-1-9-19(17)15(22)8-5-11-3-6-12(20)7-4-11/h3-4,6-7,14,20H,1-2,5,8-10H2,(H2,18,23). The van der Waals surface area contributed by atoms with Gasteiger partial charge in [-0.15, -0.1) is 0 Å². The normalized spacial score (nSPS) is 26.2. The number of likely N-dealkylation sites (tertiary alicyclic amines) is 1. The molecular weight excluding hydrogens is 312 g/mol. The first kappa shape index (κ1) is 16.4. The maximum atomic E-state index is 12.7. The van der Waals surface area contributed by atoms with Crippen LogP contribution in [-0.4, -0.2) is 52.4 Å². The van der Waals surface area contributed by atoms with Crippen LogP contribution < -0.4 is 5.73 Å². The van der Waals surface area contributed by atoms with Crippen molar-refractivity contribution in [1.82, 2.24) is 4.90 Å². The van der Waals surface area contributed by atoms with Crippen molar-refractivity contribution in [3.05, 3.63) is 29.8 Å². The smallest absolute Gasteiger partial charge is 0.254 e. The number of piperidine rings is 1. The minimum Gasteiger partial charge on any atom is -0.508 e. The lowest BCUT2D eigenvalue weighted by atomic mass is 9.81. The molecule has 2 aliphatic heterocycles. The van der Waals surface area contributed by atoms with Gasteiger partial charge in [0.2, 0.25) is 11.4 Å². The third kappa shape index (κ3) is 2.54. The lowest BCUT2D eigenvalue weighted by Gasteiger charge is -2.43. The number of nitrogens with two attached hydrogens (primary N) is 1. The molecule has 0 bridgehead atoms. The molecule has 1 aromatic carbocycles. The monoisotopic (exact) mass is 332 g/mol. The van der Waals surface area contributed by atoms with Gasteiger partial charge in [-0.25, -0.2) is 0 Å². The minimum atomic E-state index is -1.65. The summed E-state index contributed by atoms with van der Waals surface area (Å²) in [6, 6.07) is 6.57. The molecule has 2 saturated heterocycles. The van der Waals surface area contributed by atoms with Gasteiger partial charge in [0.1, 0.15) is 12.4 Å². The summed E-state index contributed by atoms with van der Waals surface area (Å²) in [7, 11) is 0. The van der Waals surface area contributed by atoms with Crippen molar-refractivity contribution >= 4 is 17.6 Å². The molecule has 2 amide bonds. The number of fused-ring (bicyclic) bond motifs is 1. The van der Waals surface area contributed by atoms with Gasteiger partial charge >= 0.3 is 0 Å². The Kier molecular flexibility index (Phi) is 4.28. The van der Waals surface area contributed by atoms with Crippen molar-refractivity contribution in [3.63, 3.8) is 0 Å². The summed E-state index contributed by atoms with van der Waals surface area (Å²) in [6.45, 7) is 0.137. The molecule has 3 rings (SSSR count). The summed E-state index contributed by atoms with van der Waals surface area (Å²) in [5.74, 6) is -1.37. The lowest BCUT2D eigenvalue weighted by Crippen LogP contribution is -2.69. The molecule has 2 fully saturated rings. The third-order valence-corrected chi connectivity index (χ3v) is 4.82. The first-order chi connectivity index (χ1) is 11.5. The summed E-state index contributed by atoms with van der Waals surface area (Å²) < 4.78 is 5.42. The number of phenols is 1. The summed E-state index contributed by atoms with van der Waals surface area (Å²) in [5, 5.41) is 9.29. The van der Waals surface area contributed by atoms with Crippen LogP contribution in [0, 0.1) is 0 Å². The van der Waals surface area contributed by atoms with Crippen molar-refractivity contribution in [3.8, 4) is 5.75 Å². The number of ether oxygens (including phenoxy) is 1. The number of primary amides is 1. The molecule has 0 aliphatic carbocycles. The summed E-state index contributed by atoms with van der Waals surface area (Å²) in [6.07, 6.45) is 1.16. The van der Waals surface area contributed by atoms with Crippen LogP contribution in [-0.2, 0) is 25.5 Å². The first-order valence-electron chi connectivity index (χ1n) is 7.99. The topological polar surface area (TPSA) is 110 Å². The van der Waals surface area contributed by atoms with E-state index in [4.69, 9.17) is 10.5 Å². The second kappa shape index (κ2) is 6.24. The number of hydrogen-bond donors (Lipinski definition) is 2. The third-order valence-electron chi connectivity index (χ3n) is 4.82. The highest BCUT2D eigenvalue weighted by atomic mass is 16.5. The van der Waals surface area contributed by atoms with E-state index in [1.54, 1.807) is 24.3 Å². The maximum absolute atomic E-state index is 12.7. The first-order valence-corrected chi connectivity index (χ1v) is 7.99. The molecule has 128 valence electrons. The van der Waals surface area contributed by atoms with E-state index in [1.165, 1.54) is 4.90 Å². The van der Waals surface area contributed by atoms with Crippen LogP contribution in [0.5, 0.6) is 5.75 Å². The zero-order valence-electron chi connectivity index (χ0n) is 13.2. The van der Waals surface area contributed by atoms with Gasteiger partial charge in [-0.2, -0.15) is 0 Å². The SMILES string of the molecule is NC(=O)C12C(=O)COC1CCCN2C(=O)CCc1ccc(O)cc1. The highest BCUT2D eigenvalue weighted by Crippen LogP contribution is 2.36. The molecule has 7 nitrogen and oxygen atoms in total. The molecule has 3 N–H and O–H groups in total. The van der Waals surface area contributed by atoms with Crippen molar-refractivity contribution in [1.29, 1.82) is 0 Å². The van der Waals surface area contributed by atoms with Gasteiger partial charge in [-0.05, 0) is 37.0 Å². The number of carbonyl (C=O) groups is 3. The number of amides is 2. The van der Waals surface area contributed by atoms with Crippen molar-refractivity contribution in [2.24, 2.45) is 5.73 Å². The number of aryl methyl sites for hydroxylation is 1. The quantitative estimate of drug-likeness (QED) is 0.762. The van der Waals surface area contributed by atoms with Crippen molar-refractivity contribution < 1.29 is 24.2 Å². The fraction of sp³-hybridized carbons (Fsp3) is 0.471. The molecule has 24 heavy (non-hydrogen) atoms. The highest BCUT2D eigenvalue weighted by molar-refractivity contribution is 6.15. The fourth-order valence-corrected chi connectivity index (χ4v) is 3.61. The number of benzene rings is 1. The molecule has 2 aliphatic rings. The minimum absolute atomic E-state index is 0.153. The van der Waals surface area contributed by atoms with Gasteiger partial charge < -0.3 is 20.5 Å². The Balaban J connectivity index is 1.78. The Morgan fingerprint density at radius 3 is 2.71 bits per heavy atom. The summed E-state index contributed by atoms with van der Waals surface area (Å²) >= 11 is 0. The summed E-state index contributed by atoms with van der Waals surface area (Å²) in [4.78, 5) is 38.5. The van der Waals surface area contributed by atoms with E-state index in [0.717, 1.165) is 5.56 Å². The summed E-state index contributed by atoms with van der Waals surface area (Å²) in [5.41, 5.74) is 4.76. The number of phenolic OH excluding ortho intramolecular Hbond substituents is 1. The average molecular weight is 332 g/mol. The Morgan fingerprint density at radius 2 is 2.04 bits per heavy atom. The van der Waals surface area contributed by atoms with Gasteiger partial charge in [0.05, 0.1) is 6.10 Å². The van der Waals surface area contributed by atoms with E-state index >= 15 is 0 Å². The number of Topliss-reactive ketones (excluding diaryl/α,β-unsaturated/α-hetero) is 1. The molecule has 2 heterocycles. The Hall–Kier alpha value is -2.41. The Labute approximate surface area is 139 Å². The van der Waals surface area contributed by atoms with E-state index in [1.807, 2.05) is 0 Å². The van der Waals surface area contributed by atoms with Crippen LogP contribution in [0.1, 0.15) is 24.8 Å². The highest BCUT2D eigenvalue weighted by Gasteiger charge is 2.62. The van der Waals surface area contributed by atoms with Crippen LogP contribution >= 0.6 is 0 Å². The van der Waals surface area contributed by atoms with E-state index < -0.39 is 23.3 Å². The van der Waals surface area contributed by atoms with E-state index in [-0.39, 0.29) is 24.7 Å². The van der Waals surface area contributed by atoms with Crippen LogP contribution in [0.4, 0.5) is 0 Å². The zero-order valence-corrected chi connectivity index (χ0v) is 13.2. The molecule has 0 spiro atoms. The number of aromatic hydroxyl groups is 1. The van der Waals surface area contributed by atoms with Crippen LogP contribution in [0.25, 0.3) is 0 Å². The van der Waals surface area contributed by atoms with E-state index in [9.17, 15) is 19.5 Å². The average Bonchev–Trinajstić information content (AvgIpc) is 2.92. The zero-order chi connectivity index (χ0) is 17.3. The number of carbonyl (C=O) groups excluding carboxylic acids is 3. The Morgan fingerprint density at radius 1 is 1.33 bits per heavy atom. The second-order valence-electron chi connectivity index (χ2n) is 6.21. The maximum Gasteiger partial charge on any atom is 0.254 e. The number of hydrogen-bond acceptors (Lipinski definition) is 5. The van der Waals surface area contributed by atoms with Gasteiger partial charge in [-0.3, -0.25) is 14.4 Å². The number of nitrogens with zero attached hydrogens (tertiary/aromatic N) is 1. The van der Waals surface area contributed by atoms with Crippen LogP contribution in [0.3, 0.4) is 0 Å². The molecule has 2 atom stereocenters. The predicted molar refractivity (Wildman–Crippen MR) is 84.0 cm³/mol. The number of ketones is 1. The van der Waals surface area contributed by atoms with Crippen molar-refractivity contribution in [2.75, 3.05) is 13.2 Å². The molecule has 1 aromatic rings. The van der Waals surface area contributed by atoms with Crippen molar-refractivity contribution in [2.45, 2.75) is 37.3 Å². The number of rotatable bonds is 4. The van der Waals surface area contributed by atoms with Gasteiger partial charge in [0.15, 0.2) is 5.78 Å². The van der Waals surface area contributed by atoms with Gasteiger partial charge in [0, 0.05) is 13.0 Å². The lowest BCUT2D eigenvalue weighted by molar-refractivity contribution is -0.158. The molecule has 0 saturated carbocycles. The molecule has 7 heteroatoms. The molecular formula is C17H20N2O5.